The average molecular weight is 218 g/mol. The van der Waals surface area contributed by atoms with Gasteiger partial charge in [0.05, 0.1) is 0 Å². The van der Waals surface area contributed by atoms with Gasteiger partial charge >= 0.3 is 0 Å². The van der Waals surface area contributed by atoms with E-state index in [9.17, 15) is 0 Å². The van der Waals surface area contributed by atoms with E-state index in [0.717, 1.165) is 6.54 Å². The monoisotopic (exact) mass is 218 g/mol. The van der Waals surface area contributed by atoms with Crippen LogP contribution in [0.25, 0.3) is 6.08 Å². The van der Waals surface area contributed by atoms with Crippen LogP contribution in [-0.4, -0.2) is 0 Å². The number of rotatable bonds is 8. The van der Waals surface area contributed by atoms with Gasteiger partial charge in [0, 0.05) is 18.1 Å². The van der Waals surface area contributed by atoms with Crippen molar-refractivity contribution < 1.29 is 4.57 Å². The minimum absolute atomic E-state index is 1.13. The number of aryl methyl sites for hydroxylation is 1. The van der Waals surface area contributed by atoms with Crippen molar-refractivity contribution in [3.8, 4) is 0 Å². The Morgan fingerprint density at radius 3 is 2.69 bits per heavy atom. The van der Waals surface area contributed by atoms with Gasteiger partial charge in [-0.2, -0.15) is 0 Å². The van der Waals surface area contributed by atoms with Crippen molar-refractivity contribution in [3.05, 3.63) is 36.7 Å². The highest BCUT2D eigenvalue weighted by Gasteiger charge is 2.00. The lowest BCUT2D eigenvalue weighted by molar-refractivity contribution is -0.697. The standard InChI is InChI=1S/C15H24N/c1-3-5-6-7-8-9-12-16-13-10-11-15(4-2)14-16/h4,10-11,13-14H,2-3,5-9,12H2,1H3/q+1. The SMILES string of the molecule is C=Cc1ccc[n+](CCCCCCCC)c1. The molecule has 1 heteroatoms. The van der Waals surface area contributed by atoms with E-state index in [4.69, 9.17) is 0 Å². The van der Waals surface area contributed by atoms with Crippen molar-refractivity contribution >= 4 is 6.08 Å². The number of hydrogen-bond acceptors (Lipinski definition) is 0. The molecule has 1 rings (SSSR count). The fourth-order valence-electron chi connectivity index (χ4n) is 1.88. The zero-order chi connectivity index (χ0) is 11.6. The molecule has 0 aliphatic rings. The Labute approximate surface area is 99.8 Å². The van der Waals surface area contributed by atoms with E-state index in [2.05, 4.69) is 42.6 Å². The van der Waals surface area contributed by atoms with Crippen molar-refractivity contribution in [1.29, 1.82) is 0 Å². The second-order valence-electron chi connectivity index (χ2n) is 4.35. The van der Waals surface area contributed by atoms with Crippen LogP contribution in [0, 0.1) is 0 Å². The Balaban J connectivity index is 2.18. The predicted molar refractivity (Wildman–Crippen MR) is 70.1 cm³/mol. The van der Waals surface area contributed by atoms with E-state index in [-0.39, 0.29) is 0 Å². The van der Waals surface area contributed by atoms with Crippen molar-refractivity contribution in [2.24, 2.45) is 0 Å². The molecule has 1 aromatic heterocycles. The molecule has 0 bridgehead atoms. The Morgan fingerprint density at radius 1 is 1.19 bits per heavy atom. The van der Waals surface area contributed by atoms with Gasteiger partial charge < -0.3 is 0 Å². The van der Waals surface area contributed by atoms with Gasteiger partial charge in [0.15, 0.2) is 12.4 Å². The van der Waals surface area contributed by atoms with E-state index >= 15 is 0 Å². The van der Waals surface area contributed by atoms with Gasteiger partial charge in [-0.1, -0.05) is 45.3 Å². The summed E-state index contributed by atoms with van der Waals surface area (Å²) in [4.78, 5) is 0. The molecule has 1 aromatic rings. The number of pyridine rings is 1. The highest BCUT2D eigenvalue weighted by molar-refractivity contribution is 5.43. The molecule has 0 aliphatic heterocycles. The Kier molecular flexibility index (Phi) is 6.55. The van der Waals surface area contributed by atoms with Crippen LogP contribution in [0.15, 0.2) is 31.1 Å². The van der Waals surface area contributed by atoms with Crippen LogP contribution in [0.2, 0.25) is 0 Å². The summed E-state index contributed by atoms with van der Waals surface area (Å²) in [6, 6.07) is 4.18. The first kappa shape index (κ1) is 13.0. The van der Waals surface area contributed by atoms with Gasteiger partial charge in [0.2, 0.25) is 0 Å². The minimum Gasteiger partial charge on any atom is -0.205 e. The van der Waals surface area contributed by atoms with Crippen molar-refractivity contribution in [2.75, 3.05) is 0 Å². The number of nitrogens with zero attached hydrogens (tertiary/aromatic N) is 1. The Bertz CT molecular complexity index is 304. The first-order valence-electron chi connectivity index (χ1n) is 6.48. The van der Waals surface area contributed by atoms with Gasteiger partial charge in [0.1, 0.15) is 6.54 Å². The van der Waals surface area contributed by atoms with Gasteiger partial charge in [-0.3, -0.25) is 0 Å². The van der Waals surface area contributed by atoms with E-state index in [0.29, 0.717) is 0 Å². The molecule has 0 amide bonds. The molecule has 1 heterocycles. The highest BCUT2D eigenvalue weighted by Crippen LogP contribution is 2.04. The third kappa shape index (κ3) is 5.11. The molecule has 0 saturated heterocycles. The summed E-state index contributed by atoms with van der Waals surface area (Å²) < 4.78 is 2.26. The van der Waals surface area contributed by atoms with E-state index in [1.54, 1.807) is 0 Å². The molecule has 16 heavy (non-hydrogen) atoms. The molecular formula is C15H24N+. The highest BCUT2D eigenvalue weighted by atomic mass is 14.9. The fourth-order valence-corrected chi connectivity index (χ4v) is 1.88. The number of aromatic nitrogens is 1. The zero-order valence-electron chi connectivity index (χ0n) is 10.5. The number of hydrogen-bond donors (Lipinski definition) is 0. The minimum atomic E-state index is 1.13. The lowest BCUT2D eigenvalue weighted by Crippen LogP contribution is -2.32. The van der Waals surface area contributed by atoms with Crippen LogP contribution >= 0.6 is 0 Å². The molecule has 0 unspecified atom stereocenters. The van der Waals surface area contributed by atoms with E-state index in [1.165, 1.54) is 44.1 Å². The average Bonchev–Trinajstić information content (AvgIpc) is 2.34. The van der Waals surface area contributed by atoms with E-state index in [1.807, 2.05) is 6.08 Å². The summed E-state index contributed by atoms with van der Waals surface area (Å²) in [5.41, 5.74) is 1.20. The summed E-state index contributed by atoms with van der Waals surface area (Å²) >= 11 is 0. The molecule has 0 N–H and O–H groups in total. The summed E-state index contributed by atoms with van der Waals surface area (Å²) in [6.07, 6.45) is 14.3. The third-order valence-electron chi connectivity index (χ3n) is 2.89. The molecule has 0 saturated carbocycles. The van der Waals surface area contributed by atoms with Crippen LogP contribution in [0.1, 0.15) is 51.0 Å². The summed E-state index contributed by atoms with van der Waals surface area (Å²) in [7, 11) is 0. The maximum absolute atomic E-state index is 3.79. The van der Waals surface area contributed by atoms with Gasteiger partial charge in [-0.25, -0.2) is 4.57 Å². The van der Waals surface area contributed by atoms with Crippen LogP contribution < -0.4 is 4.57 Å². The maximum Gasteiger partial charge on any atom is 0.176 e. The summed E-state index contributed by atoms with van der Waals surface area (Å²) in [5.74, 6) is 0. The van der Waals surface area contributed by atoms with E-state index < -0.39 is 0 Å². The van der Waals surface area contributed by atoms with Gasteiger partial charge in [0.25, 0.3) is 0 Å². The Hall–Kier alpha value is -1.11. The maximum atomic E-state index is 3.79. The largest absolute Gasteiger partial charge is 0.205 e. The topological polar surface area (TPSA) is 3.88 Å². The third-order valence-corrected chi connectivity index (χ3v) is 2.89. The quantitative estimate of drug-likeness (QED) is 0.459. The molecule has 0 aliphatic carbocycles. The van der Waals surface area contributed by atoms with Crippen LogP contribution in [0.4, 0.5) is 0 Å². The fraction of sp³-hybridized carbons (Fsp3) is 0.533. The van der Waals surface area contributed by atoms with Gasteiger partial charge in [-0.05, 0) is 12.5 Å². The molecular weight excluding hydrogens is 194 g/mol. The molecule has 88 valence electrons. The summed E-state index contributed by atoms with van der Waals surface area (Å²) in [6.45, 7) is 7.18. The molecule has 0 atom stereocenters. The second-order valence-corrected chi connectivity index (χ2v) is 4.35. The number of unbranched alkanes of at least 4 members (excludes halogenated alkanes) is 5. The first-order chi connectivity index (χ1) is 7.86. The molecule has 0 spiro atoms. The van der Waals surface area contributed by atoms with Gasteiger partial charge in [-0.15, -0.1) is 0 Å². The molecule has 0 fully saturated rings. The Morgan fingerprint density at radius 2 is 1.94 bits per heavy atom. The normalized spacial score (nSPS) is 10.3. The van der Waals surface area contributed by atoms with Crippen LogP contribution in [-0.2, 0) is 6.54 Å². The smallest absolute Gasteiger partial charge is 0.176 e. The van der Waals surface area contributed by atoms with Crippen LogP contribution in [0.5, 0.6) is 0 Å². The van der Waals surface area contributed by atoms with Crippen LogP contribution in [0.3, 0.4) is 0 Å². The molecule has 1 nitrogen and oxygen atoms in total. The lowest BCUT2D eigenvalue weighted by atomic mass is 10.1. The lowest BCUT2D eigenvalue weighted by Gasteiger charge is -1.99. The van der Waals surface area contributed by atoms with Crippen molar-refractivity contribution in [3.63, 3.8) is 0 Å². The first-order valence-corrected chi connectivity index (χ1v) is 6.48. The van der Waals surface area contributed by atoms with Crippen molar-refractivity contribution in [2.45, 2.75) is 52.0 Å². The van der Waals surface area contributed by atoms with Crippen molar-refractivity contribution in [1.82, 2.24) is 0 Å². The zero-order valence-corrected chi connectivity index (χ0v) is 10.5. The predicted octanol–water partition coefficient (Wildman–Crippen LogP) is 3.98. The molecule has 0 aromatic carbocycles. The molecule has 0 radical (unpaired) electrons. The summed E-state index contributed by atoms with van der Waals surface area (Å²) in [5, 5.41) is 0. The second kappa shape index (κ2) is 8.09.